The van der Waals surface area contributed by atoms with Crippen LogP contribution in [-0.4, -0.2) is 35.7 Å². The molecule has 1 rings (SSSR count). The molecule has 2 atom stereocenters. The van der Waals surface area contributed by atoms with E-state index in [0.29, 0.717) is 6.42 Å². The first-order valence-electron chi connectivity index (χ1n) is 6.39. The molecule has 0 aromatic carbocycles. The number of esters is 2. The van der Waals surface area contributed by atoms with E-state index >= 15 is 0 Å². The minimum Gasteiger partial charge on any atom is -0.464 e. The second kappa shape index (κ2) is 5.26. The Morgan fingerprint density at radius 2 is 1.94 bits per heavy atom. The average Bonchev–Trinajstić information content (AvgIpc) is 2.59. The number of nitrogens with one attached hydrogen (secondary N) is 1. The summed E-state index contributed by atoms with van der Waals surface area (Å²) in [6.07, 6.45) is 1.17. The molecule has 1 saturated heterocycles. The van der Waals surface area contributed by atoms with Gasteiger partial charge in [0.1, 0.15) is 5.60 Å². The van der Waals surface area contributed by atoms with Crippen molar-refractivity contribution in [2.45, 2.75) is 64.6 Å². The molecular formula is C13H23NO4. The Bertz CT molecular complexity index is 334. The summed E-state index contributed by atoms with van der Waals surface area (Å²) >= 11 is 0. The van der Waals surface area contributed by atoms with Crippen molar-refractivity contribution >= 4 is 11.9 Å². The Morgan fingerprint density at radius 3 is 2.33 bits per heavy atom. The smallest absolute Gasteiger partial charge is 0.338 e. The Morgan fingerprint density at radius 1 is 1.33 bits per heavy atom. The van der Waals surface area contributed by atoms with Crippen LogP contribution in [0.2, 0.25) is 0 Å². The molecule has 0 aromatic rings. The highest BCUT2D eigenvalue weighted by Crippen LogP contribution is 2.28. The Labute approximate surface area is 108 Å². The fourth-order valence-electron chi connectivity index (χ4n) is 2.02. The summed E-state index contributed by atoms with van der Waals surface area (Å²) in [5.74, 6) is -1.08. The van der Waals surface area contributed by atoms with Crippen LogP contribution in [0.5, 0.6) is 0 Å². The predicted octanol–water partition coefficient (Wildman–Crippen LogP) is 1.40. The standard InChI is InChI=1S/C13H23NO4/c1-6-17-10(15)13(8-7-9(2)14-13)11(16)18-12(3,4)5/h9,14H,6-8H2,1-5H3. The summed E-state index contributed by atoms with van der Waals surface area (Å²) in [4.78, 5) is 24.3. The number of ether oxygens (including phenoxy) is 2. The van der Waals surface area contributed by atoms with Crippen molar-refractivity contribution in [1.82, 2.24) is 5.32 Å². The van der Waals surface area contributed by atoms with Crippen molar-refractivity contribution in [3.8, 4) is 0 Å². The van der Waals surface area contributed by atoms with Gasteiger partial charge in [0.2, 0.25) is 5.54 Å². The van der Waals surface area contributed by atoms with Crippen molar-refractivity contribution < 1.29 is 19.1 Å². The largest absolute Gasteiger partial charge is 0.464 e. The van der Waals surface area contributed by atoms with Gasteiger partial charge >= 0.3 is 11.9 Å². The van der Waals surface area contributed by atoms with Crippen LogP contribution in [-0.2, 0) is 19.1 Å². The third-order valence-corrected chi connectivity index (χ3v) is 2.82. The number of hydrogen-bond acceptors (Lipinski definition) is 5. The minimum absolute atomic E-state index is 0.0990. The van der Waals surface area contributed by atoms with E-state index in [9.17, 15) is 9.59 Å². The third-order valence-electron chi connectivity index (χ3n) is 2.82. The molecule has 0 aliphatic carbocycles. The fraction of sp³-hybridized carbons (Fsp3) is 0.846. The second-order valence-electron chi connectivity index (χ2n) is 5.71. The third kappa shape index (κ3) is 3.22. The molecule has 18 heavy (non-hydrogen) atoms. The van der Waals surface area contributed by atoms with E-state index in [-0.39, 0.29) is 12.6 Å². The molecular weight excluding hydrogens is 234 g/mol. The zero-order valence-corrected chi connectivity index (χ0v) is 11.8. The quantitative estimate of drug-likeness (QED) is 0.611. The zero-order valence-electron chi connectivity index (χ0n) is 11.8. The first kappa shape index (κ1) is 15.0. The minimum atomic E-state index is -1.33. The van der Waals surface area contributed by atoms with Crippen LogP contribution in [0.1, 0.15) is 47.5 Å². The SMILES string of the molecule is CCOC(=O)C1(C(=O)OC(C)(C)C)CCC(C)N1. The van der Waals surface area contributed by atoms with Crippen LogP contribution in [0.4, 0.5) is 0 Å². The average molecular weight is 257 g/mol. The maximum absolute atomic E-state index is 12.3. The van der Waals surface area contributed by atoms with Crippen molar-refractivity contribution in [2.24, 2.45) is 0 Å². The highest BCUT2D eigenvalue weighted by molar-refractivity contribution is 6.05. The number of carbonyl (C=O) groups is 2. The molecule has 1 N–H and O–H groups in total. The molecule has 5 heteroatoms. The van der Waals surface area contributed by atoms with E-state index in [1.807, 2.05) is 6.92 Å². The molecule has 104 valence electrons. The van der Waals surface area contributed by atoms with E-state index in [4.69, 9.17) is 9.47 Å². The monoisotopic (exact) mass is 257 g/mol. The molecule has 0 amide bonds. The van der Waals surface area contributed by atoms with Gasteiger partial charge in [0.15, 0.2) is 0 Å². The van der Waals surface area contributed by atoms with Gasteiger partial charge in [-0.1, -0.05) is 0 Å². The van der Waals surface area contributed by atoms with Crippen LogP contribution in [0, 0.1) is 0 Å². The molecule has 0 radical (unpaired) electrons. The molecule has 0 bridgehead atoms. The Hall–Kier alpha value is -1.10. The lowest BCUT2D eigenvalue weighted by molar-refractivity contribution is -0.172. The number of carbonyl (C=O) groups excluding carboxylic acids is 2. The van der Waals surface area contributed by atoms with Crippen molar-refractivity contribution in [1.29, 1.82) is 0 Å². The summed E-state index contributed by atoms with van der Waals surface area (Å²) in [6, 6.07) is 0.0990. The topological polar surface area (TPSA) is 64.6 Å². The van der Waals surface area contributed by atoms with Gasteiger partial charge in [-0.3, -0.25) is 5.32 Å². The lowest BCUT2D eigenvalue weighted by atomic mass is 9.97. The van der Waals surface area contributed by atoms with Gasteiger partial charge < -0.3 is 9.47 Å². The highest BCUT2D eigenvalue weighted by Gasteiger charge is 2.53. The molecule has 0 saturated carbocycles. The fourth-order valence-corrected chi connectivity index (χ4v) is 2.02. The summed E-state index contributed by atoms with van der Waals surface area (Å²) in [6.45, 7) is 9.25. The molecule has 0 aromatic heterocycles. The van der Waals surface area contributed by atoms with Crippen LogP contribution < -0.4 is 5.32 Å². The van der Waals surface area contributed by atoms with Gasteiger partial charge in [0, 0.05) is 6.04 Å². The van der Waals surface area contributed by atoms with Gasteiger partial charge in [-0.2, -0.15) is 0 Å². The maximum Gasteiger partial charge on any atom is 0.338 e. The van der Waals surface area contributed by atoms with Crippen LogP contribution in [0.25, 0.3) is 0 Å². The van der Waals surface area contributed by atoms with Crippen LogP contribution in [0.15, 0.2) is 0 Å². The number of hydrogen-bond donors (Lipinski definition) is 1. The summed E-state index contributed by atoms with van der Waals surface area (Å²) in [5, 5.41) is 3.03. The molecule has 2 unspecified atom stereocenters. The highest BCUT2D eigenvalue weighted by atomic mass is 16.6. The lowest BCUT2D eigenvalue weighted by Crippen LogP contribution is -2.58. The Balaban J connectivity index is 2.92. The zero-order chi connectivity index (χ0) is 14.0. The summed E-state index contributed by atoms with van der Waals surface area (Å²) < 4.78 is 10.3. The van der Waals surface area contributed by atoms with Gasteiger partial charge in [0.05, 0.1) is 6.61 Å². The van der Waals surface area contributed by atoms with Gasteiger partial charge in [-0.25, -0.2) is 9.59 Å². The van der Waals surface area contributed by atoms with E-state index in [2.05, 4.69) is 5.32 Å². The van der Waals surface area contributed by atoms with Crippen molar-refractivity contribution in [3.63, 3.8) is 0 Å². The van der Waals surface area contributed by atoms with E-state index in [1.54, 1.807) is 27.7 Å². The van der Waals surface area contributed by atoms with Crippen LogP contribution in [0.3, 0.4) is 0 Å². The number of rotatable bonds is 3. The molecule has 5 nitrogen and oxygen atoms in total. The first-order chi connectivity index (χ1) is 8.21. The lowest BCUT2D eigenvalue weighted by Gasteiger charge is -2.29. The van der Waals surface area contributed by atoms with E-state index in [0.717, 1.165) is 6.42 Å². The van der Waals surface area contributed by atoms with E-state index in [1.165, 1.54) is 0 Å². The summed E-state index contributed by atoms with van der Waals surface area (Å²) in [5.41, 5.74) is -1.95. The van der Waals surface area contributed by atoms with Crippen molar-refractivity contribution in [3.05, 3.63) is 0 Å². The first-order valence-corrected chi connectivity index (χ1v) is 6.39. The molecule has 1 aliphatic rings. The maximum atomic E-state index is 12.3. The molecule has 1 fully saturated rings. The molecule has 1 heterocycles. The predicted molar refractivity (Wildman–Crippen MR) is 67.0 cm³/mol. The van der Waals surface area contributed by atoms with Gasteiger partial charge in [0.25, 0.3) is 0 Å². The summed E-state index contributed by atoms with van der Waals surface area (Å²) in [7, 11) is 0. The Kier molecular flexibility index (Phi) is 4.37. The normalized spacial score (nSPS) is 27.9. The van der Waals surface area contributed by atoms with Gasteiger partial charge in [-0.05, 0) is 47.5 Å². The van der Waals surface area contributed by atoms with Crippen molar-refractivity contribution in [2.75, 3.05) is 6.61 Å². The second-order valence-corrected chi connectivity index (χ2v) is 5.71. The van der Waals surface area contributed by atoms with Crippen LogP contribution >= 0.6 is 0 Å². The van der Waals surface area contributed by atoms with Gasteiger partial charge in [-0.15, -0.1) is 0 Å². The van der Waals surface area contributed by atoms with E-state index < -0.39 is 23.1 Å². The molecule has 1 aliphatic heterocycles. The molecule has 0 spiro atoms.